The lowest BCUT2D eigenvalue weighted by molar-refractivity contribution is -0.384. The van der Waals surface area contributed by atoms with Crippen LogP contribution in [-0.4, -0.2) is 34.7 Å². The molecular formula is C18H14Cl2N6O3S. The van der Waals surface area contributed by atoms with Gasteiger partial charge in [-0.05, 0) is 24.3 Å². The summed E-state index contributed by atoms with van der Waals surface area (Å²) in [5.74, 6) is 0. The van der Waals surface area contributed by atoms with E-state index in [0.29, 0.717) is 35.4 Å². The number of nitrogens with zero attached hydrogens (tertiary/aromatic N) is 6. The minimum absolute atomic E-state index is 0.00395. The molecule has 1 N–H and O–H groups in total. The first-order valence-electron chi connectivity index (χ1n) is 8.62. The molecule has 3 aromatic rings. The van der Waals surface area contributed by atoms with Crippen molar-refractivity contribution < 1.29 is 10.0 Å². The highest BCUT2D eigenvalue weighted by Gasteiger charge is 2.21. The Morgan fingerprint density at radius 2 is 1.97 bits per heavy atom. The summed E-state index contributed by atoms with van der Waals surface area (Å²) in [6.45, 7) is 0.915. The smallest absolute Gasteiger partial charge is 0.290 e. The third-order valence-corrected chi connectivity index (χ3v) is 5.80. The monoisotopic (exact) mass is 464 g/mol. The minimum atomic E-state index is -0.604. The van der Waals surface area contributed by atoms with Crippen molar-refractivity contribution in [3.63, 3.8) is 0 Å². The van der Waals surface area contributed by atoms with Crippen LogP contribution in [0.5, 0.6) is 0 Å². The van der Waals surface area contributed by atoms with Crippen molar-refractivity contribution in [2.75, 3.05) is 24.6 Å². The summed E-state index contributed by atoms with van der Waals surface area (Å²) >= 11 is 13.2. The maximum Gasteiger partial charge on any atom is 0.290 e. The number of hydrogen-bond acceptors (Lipinski definition) is 9. The Bertz CT molecular complexity index is 1140. The Balaban J connectivity index is 1.82. The second kappa shape index (κ2) is 9.77. The van der Waals surface area contributed by atoms with Gasteiger partial charge < -0.3 is 10.0 Å². The van der Waals surface area contributed by atoms with Crippen molar-refractivity contribution in [2.45, 2.75) is 6.42 Å². The largest absolute Gasteiger partial charge is 0.395 e. The Labute approximate surface area is 185 Å². The van der Waals surface area contributed by atoms with Crippen molar-refractivity contribution >= 4 is 66.9 Å². The summed E-state index contributed by atoms with van der Waals surface area (Å²) in [4.78, 5) is 16.6. The number of hydrogen-bond donors (Lipinski definition) is 1. The highest BCUT2D eigenvalue weighted by atomic mass is 35.5. The van der Waals surface area contributed by atoms with Crippen LogP contribution in [0.15, 0.2) is 40.6 Å². The number of thiazole rings is 1. The van der Waals surface area contributed by atoms with Crippen molar-refractivity contribution in [1.29, 1.82) is 5.26 Å². The number of nitriles is 1. The molecule has 30 heavy (non-hydrogen) atoms. The van der Waals surface area contributed by atoms with E-state index in [2.05, 4.69) is 21.3 Å². The first-order chi connectivity index (χ1) is 14.4. The van der Waals surface area contributed by atoms with Gasteiger partial charge in [-0.15, -0.1) is 10.2 Å². The molecule has 0 saturated carbocycles. The highest BCUT2D eigenvalue weighted by molar-refractivity contribution is 7.22. The minimum Gasteiger partial charge on any atom is -0.395 e. The molecule has 0 radical (unpaired) electrons. The van der Waals surface area contributed by atoms with E-state index >= 15 is 0 Å². The Morgan fingerprint density at radius 1 is 1.23 bits per heavy atom. The highest BCUT2D eigenvalue weighted by Crippen LogP contribution is 2.42. The van der Waals surface area contributed by atoms with E-state index in [4.69, 9.17) is 28.5 Å². The van der Waals surface area contributed by atoms with Gasteiger partial charge in [0.1, 0.15) is 10.5 Å². The predicted molar refractivity (Wildman–Crippen MR) is 116 cm³/mol. The fourth-order valence-electron chi connectivity index (χ4n) is 2.66. The zero-order chi connectivity index (χ0) is 21.7. The van der Waals surface area contributed by atoms with Crippen molar-refractivity contribution in [3.8, 4) is 6.07 Å². The molecule has 0 aliphatic rings. The van der Waals surface area contributed by atoms with Crippen LogP contribution in [0, 0.1) is 21.4 Å². The van der Waals surface area contributed by atoms with Gasteiger partial charge in [-0.1, -0.05) is 34.5 Å². The van der Waals surface area contributed by atoms with Gasteiger partial charge in [-0.2, -0.15) is 5.26 Å². The van der Waals surface area contributed by atoms with Gasteiger partial charge >= 0.3 is 0 Å². The van der Waals surface area contributed by atoms with Gasteiger partial charge in [-0.3, -0.25) is 10.1 Å². The van der Waals surface area contributed by atoms with Crippen LogP contribution in [-0.2, 0) is 0 Å². The number of nitro benzene ring substituents is 1. The number of rotatable bonds is 8. The Hall–Kier alpha value is -2.84. The van der Waals surface area contributed by atoms with Crippen LogP contribution in [0.25, 0.3) is 10.2 Å². The number of fused-ring (bicyclic) bond motifs is 1. The van der Waals surface area contributed by atoms with Gasteiger partial charge in [0, 0.05) is 24.8 Å². The number of halogens is 2. The number of azo groups is 1. The normalized spacial score (nSPS) is 11.1. The third-order valence-electron chi connectivity index (χ3n) is 4.06. The maximum absolute atomic E-state index is 11.1. The summed E-state index contributed by atoms with van der Waals surface area (Å²) in [5, 5.41) is 37.4. The van der Waals surface area contributed by atoms with Gasteiger partial charge in [0.25, 0.3) is 5.69 Å². The molecule has 0 atom stereocenters. The molecule has 0 amide bonds. The molecule has 154 valence electrons. The molecule has 1 heterocycles. The van der Waals surface area contributed by atoms with Gasteiger partial charge in [0.05, 0.1) is 39.4 Å². The lowest BCUT2D eigenvalue weighted by Gasteiger charge is -2.22. The van der Waals surface area contributed by atoms with Crippen LogP contribution in [0.4, 0.5) is 22.2 Å². The van der Waals surface area contributed by atoms with Gasteiger partial charge in [-0.25, -0.2) is 4.98 Å². The van der Waals surface area contributed by atoms with Gasteiger partial charge in [0.2, 0.25) is 5.13 Å². The Morgan fingerprint density at radius 3 is 2.60 bits per heavy atom. The molecule has 0 aliphatic carbocycles. The lowest BCUT2D eigenvalue weighted by atomic mass is 10.2. The molecule has 12 heteroatoms. The molecule has 2 aromatic carbocycles. The molecule has 0 fully saturated rings. The van der Waals surface area contributed by atoms with Crippen LogP contribution >= 0.6 is 34.5 Å². The maximum atomic E-state index is 11.1. The number of anilines is 1. The van der Waals surface area contributed by atoms with Crippen LogP contribution < -0.4 is 4.90 Å². The fraction of sp³-hybridized carbons (Fsp3) is 0.222. The van der Waals surface area contributed by atoms with E-state index in [9.17, 15) is 15.2 Å². The van der Waals surface area contributed by atoms with Crippen LogP contribution in [0.2, 0.25) is 10.0 Å². The molecule has 9 nitrogen and oxygen atoms in total. The number of nitro groups is 1. The summed E-state index contributed by atoms with van der Waals surface area (Å²) in [7, 11) is 0. The standard InChI is InChI=1S/C18H14Cl2N6O3S/c19-15-13(26(28)29)10-14-17(16(15)20)22-18(30-14)24-23-11-2-4-12(5-3-11)25(8-9-27)7-1-6-21/h2-5,10,27H,1,7-9H2. The second-order valence-corrected chi connectivity index (χ2v) is 7.72. The third kappa shape index (κ3) is 4.83. The average Bonchev–Trinajstić information content (AvgIpc) is 3.16. The number of benzene rings is 2. The van der Waals surface area contributed by atoms with E-state index in [1.54, 1.807) is 12.1 Å². The average molecular weight is 465 g/mol. The molecular weight excluding hydrogens is 451 g/mol. The van der Waals surface area contributed by atoms with Gasteiger partial charge in [0.15, 0.2) is 0 Å². The van der Waals surface area contributed by atoms with E-state index in [1.165, 1.54) is 6.07 Å². The summed E-state index contributed by atoms with van der Waals surface area (Å²) in [6.07, 6.45) is 0.351. The number of aromatic nitrogens is 1. The molecule has 0 bridgehead atoms. The number of aliphatic hydroxyl groups excluding tert-OH is 1. The topological polar surface area (TPSA) is 128 Å². The number of aliphatic hydroxyl groups is 1. The quantitative estimate of drug-likeness (QED) is 0.261. The van der Waals surface area contributed by atoms with E-state index in [0.717, 1.165) is 17.0 Å². The summed E-state index contributed by atoms with van der Waals surface area (Å²) in [5.41, 5.74) is 1.46. The molecule has 0 spiro atoms. The molecule has 0 saturated heterocycles. The van der Waals surface area contributed by atoms with Crippen LogP contribution in [0.3, 0.4) is 0 Å². The van der Waals surface area contributed by atoms with E-state index in [1.807, 2.05) is 17.0 Å². The zero-order valence-corrected chi connectivity index (χ0v) is 17.7. The van der Waals surface area contributed by atoms with Crippen molar-refractivity contribution in [3.05, 3.63) is 50.5 Å². The summed E-state index contributed by atoms with van der Waals surface area (Å²) in [6, 6.07) is 10.5. The summed E-state index contributed by atoms with van der Waals surface area (Å²) < 4.78 is 0.484. The fourth-order valence-corrected chi connectivity index (χ4v) is 4.00. The van der Waals surface area contributed by atoms with Crippen LogP contribution in [0.1, 0.15) is 6.42 Å². The zero-order valence-electron chi connectivity index (χ0n) is 15.3. The lowest BCUT2D eigenvalue weighted by Crippen LogP contribution is -2.27. The van der Waals surface area contributed by atoms with E-state index in [-0.39, 0.29) is 27.5 Å². The molecule has 1 aromatic heterocycles. The molecule has 0 unspecified atom stereocenters. The predicted octanol–water partition coefficient (Wildman–Crippen LogP) is 5.64. The Kier molecular flexibility index (Phi) is 7.12. The first kappa shape index (κ1) is 21.9. The van der Waals surface area contributed by atoms with Crippen molar-refractivity contribution in [2.24, 2.45) is 10.2 Å². The molecule has 3 rings (SSSR count). The van der Waals surface area contributed by atoms with E-state index < -0.39 is 4.92 Å². The SMILES string of the molecule is N#CCCN(CCO)c1ccc(N=Nc2nc3c(Cl)c(Cl)c([N+](=O)[O-])cc3s2)cc1. The first-order valence-corrected chi connectivity index (χ1v) is 10.2. The second-order valence-electron chi connectivity index (χ2n) is 5.96. The molecule has 0 aliphatic heterocycles. The van der Waals surface area contributed by atoms with Crippen molar-refractivity contribution in [1.82, 2.24) is 4.98 Å².